The molecule has 2 rings (SSSR count). The number of nitrogens with zero attached hydrogens (tertiary/aromatic N) is 2. The number of para-hydroxylation sites is 2. The van der Waals surface area contributed by atoms with Crippen molar-refractivity contribution in [3.8, 4) is 0 Å². The Morgan fingerprint density at radius 2 is 2.16 bits per heavy atom. The molecule has 2 aromatic rings. The Kier molecular flexibility index (Phi) is 3.43. The van der Waals surface area contributed by atoms with E-state index in [1.165, 1.54) is 18.2 Å². The van der Waals surface area contributed by atoms with Gasteiger partial charge in [-0.05, 0) is 13.0 Å². The highest BCUT2D eigenvalue weighted by Crippen LogP contribution is 2.26. The highest BCUT2D eigenvalue weighted by atomic mass is 32.1. The number of carbonyl (C=O) groups is 1. The van der Waals surface area contributed by atoms with Crippen LogP contribution in [0.4, 0.5) is 16.5 Å². The fraction of sp³-hybridized carbons (Fsp3) is 0.0909. The number of aryl methyl sites for hydroxylation is 1. The van der Waals surface area contributed by atoms with Crippen LogP contribution in [0.3, 0.4) is 0 Å². The lowest BCUT2D eigenvalue weighted by Gasteiger charge is -2.04. The van der Waals surface area contributed by atoms with E-state index in [-0.39, 0.29) is 16.5 Å². The number of aromatic nitrogens is 1. The van der Waals surface area contributed by atoms with E-state index in [0.29, 0.717) is 10.6 Å². The van der Waals surface area contributed by atoms with Crippen LogP contribution >= 0.6 is 11.3 Å². The molecule has 0 unspecified atom stereocenters. The molecule has 1 aromatic heterocycles. The summed E-state index contributed by atoms with van der Waals surface area (Å²) in [5.74, 6) is -0.457. The van der Waals surface area contributed by atoms with Gasteiger partial charge >= 0.3 is 0 Å². The van der Waals surface area contributed by atoms with Crippen LogP contribution in [0.2, 0.25) is 0 Å². The number of thiazole rings is 1. The van der Waals surface area contributed by atoms with Crippen molar-refractivity contribution in [1.29, 1.82) is 0 Å². The van der Waals surface area contributed by atoms with E-state index in [1.807, 2.05) is 0 Å². The lowest BCUT2D eigenvalue weighted by atomic mass is 10.2. The first-order valence-corrected chi connectivity index (χ1v) is 6.08. The topological polar surface area (TPSA) is 111 Å². The summed E-state index contributed by atoms with van der Waals surface area (Å²) in [7, 11) is 0. The van der Waals surface area contributed by atoms with E-state index in [2.05, 4.69) is 10.3 Å². The summed E-state index contributed by atoms with van der Waals surface area (Å²) in [5, 5.41) is 13.6. The number of hydrogen-bond donors (Lipinski definition) is 2. The quantitative estimate of drug-likeness (QED) is 0.660. The van der Waals surface area contributed by atoms with Gasteiger partial charge in [-0.2, -0.15) is 0 Å². The molecule has 0 aliphatic rings. The van der Waals surface area contributed by atoms with Crippen LogP contribution in [0.25, 0.3) is 0 Å². The van der Waals surface area contributed by atoms with Crippen molar-refractivity contribution >= 4 is 33.8 Å². The van der Waals surface area contributed by atoms with Crippen molar-refractivity contribution in [3.05, 3.63) is 45.0 Å². The van der Waals surface area contributed by atoms with Gasteiger partial charge in [-0.25, -0.2) is 4.98 Å². The molecule has 0 bridgehead atoms. The Balaban J connectivity index is 2.29. The minimum absolute atomic E-state index is 0.142. The van der Waals surface area contributed by atoms with Gasteiger partial charge in [0.25, 0.3) is 11.6 Å². The largest absolute Gasteiger partial charge is 0.375 e. The lowest BCUT2D eigenvalue weighted by Crippen LogP contribution is -2.12. The molecular formula is C11H10N4O3S. The summed E-state index contributed by atoms with van der Waals surface area (Å²) < 4.78 is 0. The van der Waals surface area contributed by atoms with Crippen LogP contribution in [0, 0.1) is 17.0 Å². The summed E-state index contributed by atoms with van der Waals surface area (Å²) in [4.78, 5) is 26.6. The maximum Gasteiger partial charge on any atom is 0.292 e. The second-order valence-corrected chi connectivity index (χ2v) is 4.73. The van der Waals surface area contributed by atoms with Crippen molar-refractivity contribution in [2.24, 2.45) is 0 Å². The third-order valence-electron chi connectivity index (χ3n) is 2.37. The normalized spacial score (nSPS) is 10.2. The van der Waals surface area contributed by atoms with Crippen molar-refractivity contribution in [2.45, 2.75) is 6.92 Å². The van der Waals surface area contributed by atoms with Gasteiger partial charge in [0.1, 0.15) is 10.6 Å². The minimum Gasteiger partial charge on any atom is -0.375 e. The van der Waals surface area contributed by atoms with E-state index in [0.717, 1.165) is 11.3 Å². The Morgan fingerprint density at radius 1 is 1.47 bits per heavy atom. The van der Waals surface area contributed by atoms with Gasteiger partial charge in [-0.1, -0.05) is 23.5 Å². The molecule has 0 radical (unpaired) electrons. The van der Waals surface area contributed by atoms with Crippen molar-refractivity contribution in [1.82, 2.24) is 4.98 Å². The zero-order chi connectivity index (χ0) is 14.0. The van der Waals surface area contributed by atoms with Crippen LogP contribution in [-0.2, 0) is 0 Å². The third kappa shape index (κ3) is 2.68. The number of nitro groups is 1. The maximum atomic E-state index is 12.0. The monoisotopic (exact) mass is 278 g/mol. The number of nitro benzene ring substituents is 1. The fourth-order valence-corrected chi connectivity index (χ4v) is 2.27. The van der Waals surface area contributed by atoms with Crippen LogP contribution < -0.4 is 11.1 Å². The SMILES string of the molecule is Cc1nc(N)sc1C(=O)Nc1ccccc1[N+](=O)[O-]. The second kappa shape index (κ2) is 5.02. The van der Waals surface area contributed by atoms with Gasteiger partial charge in [0.05, 0.1) is 10.6 Å². The molecule has 98 valence electrons. The van der Waals surface area contributed by atoms with E-state index in [1.54, 1.807) is 13.0 Å². The van der Waals surface area contributed by atoms with Gasteiger partial charge in [-0.3, -0.25) is 14.9 Å². The van der Waals surface area contributed by atoms with Gasteiger partial charge in [-0.15, -0.1) is 0 Å². The Hall–Kier alpha value is -2.48. The van der Waals surface area contributed by atoms with Crippen LogP contribution in [0.1, 0.15) is 15.4 Å². The first-order valence-electron chi connectivity index (χ1n) is 5.26. The van der Waals surface area contributed by atoms with Crippen molar-refractivity contribution < 1.29 is 9.72 Å². The Labute approximate surface area is 112 Å². The molecule has 8 heteroatoms. The highest BCUT2D eigenvalue weighted by Gasteiger charge is 2.19. The number of hydrogen-bond acceptors (Lipinski definition) is 6. The zero-order valence-electron chi connectivity index (χ0n) is 9.91. The van der Waals surface area contributed by atoms with Crippen molar-refractivity contribution in [3.63, 3.8) is 0 Å². The summed E-state index contributed by atoms with van der Waals surface area (Å²) in [5.41, 5.74) is 5.99. The molecule has 1 heterocycles. The summed E-state index contributed by atoms with van der Waals surface area (Å²) in [6.07, 6.45) is 0. The van der Waals surface area contributed by atoms with Gasteiger partial charge in [0, 0.05) is 6.07 Å². The van der Waals surface area contributed by atoms with Crippen LogP contribution in [-0.4, -0.2) is 15.8 Å². The van der Waals surface area contributed by atoms with Crippen molar-refractivity contribution in [2.75, 3.05) is 11.1 Å². The van der Waals surface area contributed by atoms with E-state index in [9.17, 15) is 14.9 Å². The van der Waals surface area contributed by atoms with E-state index < -0.39 is 10.8 Å². The standard InChI is InChI=1S/C11H10N4O3S/c1-6-9(19-11(12)13-6)10(16)14-7-4-2-3-5-8(7)15(17)18/h2-5H,1H3,(H2,12,13)(H,14,16). The molecule has 0 fully saturated rings. The molecule has 7 nitrogen and oxygen atoms in total. The van der Waals surface area contributed by atoms with Crippen LogP contribution in [0.15, 0.2) is 24.3 Å². The second-order valence-electron chi connectivity index (χ2n) is 3.70. The number of nitrogens with one attached hydrogen (secondary N) is 1. The third-order valence-corrected chi connectivity index (χ3v) is 3.35. The van der Waals surface area contributed by atoms with Gasteiger partial charge in [0.2, 0.25) is 0 Å². The molecular weight excluding hydrogens is 268 g/mol. The predicted octanol–water partition coefficient (Wildman–Crippen LogP) is 2.19. The lowest BCUT2D eigenvalue weighted by molar-refractivity contribution is -0.383. The molecule has 19 heavy (non-hydrogen) atoms. The number of amides is 1. The number of benzene rings is 1. The summed E-state index contributed by atoms with van der Waals surface area (Å²) in [6.45, 7) is 1.65. The predicted molar refractivity (Wildman–Crippen MR) is 72.3 cm³/mol. The van der Waals surface area contributed by atoms with Gasteiger partial charge in [0.15, 0.2) is 5.13 Å². The molecule has 1 aromatic carbocycles. The van der Waals surface area contributed by atoms with E-state index >= 15 is 0 Å². The first kappa shape index (κ1) is 13.0. The first-order chi connectivity index (χ1) is 8.99. The van der Waals surface area contributed by atoms with Gasteiger partial charge < -0.3 is 11.1 Å². The Bertz CT molecular complexity index is 653. The molecule has 3 N–H and O–H groups in total. The highest BCUT2D eigenvalue weighted by molar-refractivity contribution is 7.17. The maximum absolute atomic E-state index is 12.0. The average Bonchev–Trinajstić information content (AvgIpc) is 2.69. The van der Waals surface area contributed by atoms with Crippen LogP contribution in [0.5, 0.6) is 0 Å². The number of nitrogens with two attached hydrogens (primary N) is 1. The molecule has 0 spiro atoms. The summed E-state index contributed by atoms with van der Waals surface area (Å²) >= 11 is 1.04. The molecule has 0 aliphatic carbocycles. The smallest absolute Gasteiger partial charge is 0.292 e. The average molecular weight is 278 g/mol. The number of rotatable bonds is 3. The van der Waals surface area contributed by atoms with E-state index in [4.69, 9.17) is 5.73 Å². The summed E-state index contributed by atoms with van der Waals surface area (Å²) in [6, 6.07) is 5.93. The number of nitrogen functional groups attached to an aromatic ring is 1. The molecule has 1 amide bonds. The zero-order valence-corrected chi connectivity index (χ0v) is 10.7. The fourth-order valence-electron chi connectivity index (χ4n) is 1.55. The molecule has 0 saturated heterocycles. The number of anilines is 2. The molecule has 0 aliphatic heterocycles. The number of carbonyl (C=O) groups excluding carboxylic acids is 1. The molecule has 0 atom stereocenters. The molecule has 0 saturated carbocycles. The minimum atomic E-state index is -0.552. The Morgan fingerprint density at radius 3 is 2.74 bits per heavy atom.